The van der Waals surface area contributed by atoms with E-state index in [2.05, 4.69) is 0 Å². The third-order valence-corrected chi connectivity index (χ3v) is 3.13. The summed E-state index contributed by atoms with van der Waals surface area (Å²) >= 11 is 5.96. The number of benzene rings is 1. The highest BCUT2D eigenvalue weighted by Gasteiger charge is 2.15. The van der Waals surface area contributed by atoms with E-state index in [0.717, 1.165) is 0 Å². The van der Waals surface area contributed by atoms with E-state index in [9.17, 15) is 5.11 Å². The highest BCUT2D eigenvalue weighted by Crippen LogP contribution is 2.30. The number of aliphatic hydroxyl groups is 2. The molecule has 108 valence electrons. The number of likely N-dealkylation sites (N-methyl/N-ethyl adjacent to an activating group) is 1. The van der Waals surface area contributed by atoms with Gasteiger partial charge in [-0.2, -0.15) is 0 Å². The van der Waals surface area contributed by atoms with Crippen molar-refractivity contribution >= 4 is 11.6 Å². The number of halogens is 1. The Bertz CT molecular complexity index is 387. The third kappa shape index (κ3) is 5.37. The highest BCUT2D eigenvalue weighted by atomic mass is 35.5. The summed E-state index contributed by atoms with van der Waals surface area (Å²) in [5, 5.41) is 19.7. The van der Waals surface area contributed by atoms with E-state index >= 15 is 0 Å². The summed E-state index contributed by atoms with van der Waals surface area (Å²) in [4.78, 5) is 1.97. The van der Waals surface area contributed by atoms with Crippen LogP contribution in [0.25, 0.3) is 0 Å². The lowest BCUT2D eigenvalue weighted by Gasteiger charge is -2.20. The Morgan fingerprint density at radius 3 is 2.74 bits per heavy atom. The summed E-state index contributed by atoms with van der Waals surface area (Å²) in [7, 11) is 1.91. The van der Waals surface area contributed by atoms with Gasteiger partial charge < -0.3 is 19.8 Å². The molecule has 0 saturated heterocycles. The van der Waals surface area contributed by atoms with Gasteiger partial charge >= 0.3 is 0 Å². The van der Waals surface area contributed by atoms with Crippen LogP contribution in [0.5, 0.6) is 5.75 Å². The number of hydrogen-bond donors (Lipinski definition) is 2. The summed E-state index contributed by atoms with van der Waals surface area (Å²) in [6.45, 7) is 3.86. The first-order valence-corrected chi connectivity index (χ1v) is 6.86. The van der Waals surface area contributed by atoms with Crippen molar-refractivity contribution in [3.05, 3.63) is 28.8 Å². The molecule has 0 aromatic heterocycles. The Morgan fingerprint density at radius 2 is 2.11 bits per heavy atom. The molecule has 1 aromatic carbocycles. The maximum atomic E-state index is 10.2. The van der Waals surface area contributed by atoms with Crippen molar-refractivity contribution in [2.24, 2.45) is 0 Å². The van der Waals surface area contributed by atoms with E-state index in [4.69, 9.17) is 21.4 Å². The molecule has 0 heterocycles. The van der Waals surface area contributed by atoms with Crippen LogP contribution < -0.4 is 4.74 Å². The molecule has 1 atom stereocenters. The Morgan fingerprint density at radius 1 is 1.37 bits per heavy atom. The van der Waals surface area contributed by atoms with Crippen LogP contribution in [-0.4, -0.2) is 48.5 Å². The monoisotopic (exact) mass is 287 g/mol. The Labute approximate surface area is 119 Å². The predicted molar refractivity (Wildman–Crippen MR) is 76.8 cm³/mol. The summed E-state index contributed by atoms with van der Waals surface area (Å²) in [5.41, 5.74) is 0.715. The van der Waals surface area contributed by atoms with Gasteiger partial charge in [0.05, 0.1) is 19.3 Å². The van der Waals surface area contributed by atoms with Crippen LogP contribution >= 0.6 is 11.6 Å². The second-order valence-electron chi connectivity index (χ2n) is 4.45. The average molecular weight is 288 g/mol. The molecule has 4 nitrogen and oxygen atoms in total. The van der Waals surface area contributed by atoms with Gasteiger partial charge in [-0.1, -0.05) is 11.6 Å². The number of nitrogens with zero attached hydrogens (tertiary/aromatic N) is 1. The first kappa shape index (κ1) is 16.2. The van der Waals surface area contributed by atoms with Crippen LogP contribution in [0.2, 0.25) is 5.02 Å². The summed E-state index contributed by atoms with van der Waals surface area (Å²) in [6.07, 6.45) is -0.0573. The molecular weight excluding hydrogens is 266 g/mol. The number of aliphatic hydroxyl groups excluding tert-OH is 2. The topological polar surface area (TPSA) is 52.9 Å². The van der Waals surface area contributed by atoms with Crippen LogP contribution in [0.1, 0.15) is 25.0 Å². The van der Waals surface area contributed by atoms with Gasteiger partial charge in [0, 0.05) is 23.7 Å². The van der Waals surface area contributed by atoms with Gasteiger partial charge in [0.2, 0.25) is 0 Å². The number of hydrogen-bond acceptors (Lipinski definition) is 4. The maximum absolute atomic E-state index is 10.2. The SMILES string of the molecule is CCOc1ccc(Cl)cc1C(O)CCN(C)CCO. The zero-order chi connectivity index (χ0) is 14.3. The average Bonchev–Trinajstić information content (AvgIpc) is 2.38. The molecule has 1 rings (SSSR count). The molecule has 0 aliphatic rings. The van der Waals surface area contributed by atoms with Crippen molar-refractivity contribution in [3.8, 4) is 5.75 Å². The van der Waals surface area contributed by atoms with Crippen molar-refractivity contribution in [2.75, 3.05) is 33.4 Å². The van der Waals surface area contributed by atoms with Gasteiger partial charge in [-0.05, 0) is 38.6 Å². The van der Waals surface area contributed by atoms with Gasteiger partial charge in [0.15, 0.2) is 0 Å². The number of ether oxygens (including phenoxy) is 1. The fraction of sp³-hybridized carbons (Fsp3) is 0.571. The van der Waals surface area contributed by atoms with Crippen molar-refractivity contribution in [1.29, 1.82) is 0 Å². The lowest BCUT2D eigenvalue weighted by Crippen LogP contribution is -2.24. The maximum Gasteiger partial charge on any atom is 0.125 e. The normalized spacial score (nSPS) is 12.7. The fourth-order valence-electron chi connectivity index (χ4n) is 1.85. The summed E-state index contributed by atoms with van der Waals surface area (Å²) < 4.78 is 5.50. The largest absolute Gasteiger partial charge is 0.493 e. The van der Waals surface area contributed by atoms with Gasteiger partial charge in [0.25, 0.3) is 0 Å². The van der Waals surface area contributed by atoms with Gasteiger partial charge in [-0.15, -0.1) is 0 Å². The van der Waals surface area contributed by atoms with Crippen LogP contribution in [0.15, 0.2) is 18.2 Å². The van der Waals surface area contributed by atoms with E-state index in [1.807, 2.05) is 18.9 Å². The molecule has 0 saturated carbocycles. The third-order valence-electron chi connectivity index (χ3n) is 2.90. The lowest BCUT2D eigenvalue weighted by molar-refractivity contribution is 0.137. The van der Waals surface area contributed by atoms with Crippen LogP contribution in [0.3, 0.4) is 0 Å². The van der Waals surface area contributed by atoms with E-state index in [1.165, 1.54) is 0 Å². The second-order valence-corrected chi connectivity index (χ2v) is 4.88. The molecule has 0 bridgehead atoms. The van der Waals surface area contributed by atoms with Crippen molar-refractivity contribution < 1.29 is 14.9 Å². The molecule has 19 heavy (non-hydrogen) atoms. The molecule has 0 radical (unpaired) electrons. The number of rotatable bonds is 8. The van der Waals surface area contributed by atoms with Crippen molar-refractivity contribution in [1.82, 2.24) is 4.90 Å². The molecule has 5 heteroatoms. The molecule has 2 N–H and O–H groups in total. The predicted octanol–water partition coefficient (Wildman–Crippen LogP) is 2.09. The first-order chi connectivity index (χ1) is 9.08. The fourth-order valence-corrected chi connectivity index (χ4v) is 2.03. The van der Waals surface area contributed by atoms with E-state index < -0.39 is 6.10 Å². The zero-order valence-corrected chi connectivity index (χ0v) is 12.2. The Kier molecular flexibility index (Phi) is 7.16. The van der Waals surface area contributed by atoms with Crippen LogP contribution in [0.4, 0.5) is 0 Å². The van der Waals surface area contributed by atoms with Crippen LogP contribution in [0, 0.1) is 0 Å². The molecular formula is C14H22ClNO3. The second kappa shape index (κ2) is 8.38. The lowest BCUT2D eigenvalue weighted by atomic mass is 10.1. The Balaban J connectivity index is 2.69. The van der Waals surface area contributed by atoms with Crippen molar-refractivity contribution in [2.45, 2.75) is 19.4 Å². The molecule has 0 aliphatic heterocycles. The standard InChI is InChI=1S/C14H22ClNO3/c1-3-19-14-5-4-11(15)10-12(14)13(18)6-7-16(2)8-9-17/h4-5,10,13,17-18H,3,6-9H2,1-2H3. The smallest absolute Gasteiger partial charge is 0.125 e. The van der Waals surface area contributed by atoms with E-state index in [0.29, 0.717) is 42.5 Å². The highest BCUT2D eigenvalue weighted by molar-refractivity contribution is 6.30. The van der Waals surface area contributed by atoms with Crippen molar-refractivity contribution in [3.63, 3.8) is 0 Å². The minimum absolute atomic E-state index is 0.119. The van der Waals surface area contributed by atoms with E-state index in [-0.39, 0.29) is 6.61 Å². The molecule has 1 unspecified atom stereocenters. The molecule has 0 fully saturated rings. The molecule has 0 spiro atoms. The molecule has 0 amide bonds. The first-order valence-electron chi connectivity index (χ1n) is 6.48. The van der Waals surface area contributed by atoms with Gasteiger partial charge in [-0.3, -0.25) is 0 Å². The minimum atomic E-state index is -0.624. The summed E-state index contributed by atoms with van der Waals surface area (Å²) in [5.74, 6) is 0.671. The summed E-state index contributed by atoms with van der Waals surface area (Å²) in [6, 6.07) is 5.27. The minimum Gasteiger partial charge on any atom is -0.493 e. The molecule has 1 aromatic rings. The van der Waals surface area contributed by atoms with Gasteiger partial charge in [0.1, 0.15) is 5.75 Å². The Hall–Kier alpha value is -0.810. The quantitative estimate of drug-likeness (QED) is 0.769. The van der Waals surface area contributed by atoms with Crippen LogP contribution in [-0.2, 0) is 0 Å². The molecule has 0 aliphatic carbocycles. The zero-order valence-electron chi connectivity index (χ0n) is 11.5. The van der Waals surface area contributed by atoms with Gasteiger partial charge in [-0.25, -0.2) is 0 Å². The van der Waals surface area contributed by atoms with E-state index in [1.54, 1.807) is 18.2 Å².